The fraction of sp³-hybridized carbons (Fsp3) is 0.333. The zero-order valence-corrected chi connectivity index (χ0v) is 15.9. The molecule has 0 aliphatic heterocycles. The van der Waals surface area contributed by atoms with Crippen molar-refractivity contribution < 1.29 is 4.79 Å². The maximum absolute atomic E-state index is 12.6. The highest BCUT2D eigenvalue weighted by Gasteiger charge is 2.21. The minimum atomic E-state index is -0.226. The van der Waals surface area contributed by atoms with Gasteiger partial charge < -0.3 is 5.32 Å². The highest BCUT2D eigenvalue weighted by Crippen LogP contribution is 2.23. The molecule has 26 heavy (non-hydrogen) atoms. The molecule has 0 saturated heterocycles. The first-order valence-electron chi connectivity index (χ1n) is 8.34. The van der Waals surface area contributed by atoms with Gasteiger partial charge in [-0.3, -0.25) is 9.78 Å². The lowest BCUT2D eigenvalue weighted by molar-refractivity contribution is 0.0942. The lowest BCUT2D eigenvalue weighted by Gasteiger charge is -2.16. The molecule has 0 aliphatic rings. The van der Waals surface area contributed by atoms with Gasteiger partial charge in [-0.1, -0.05) is 18.3 Å². The van der Waals surface area contributed by atoms with Gasteiger partial charge in [0.15, 0.2) is 5.82 Å². The summed E-state index contributed by atoms with van der Waals surface area (Å²) in [6.07, 6.45) is 5.18. The minimum Gasteiger partial charge on any atom is -0.345 e. The van der Waals surface area contributed by atoms with Crippen LogP contribution in [0.25, 0.3) is 11.4 Å². The third kappa shape index (κ3) is 3.75. The van der Waals surface area contributed by atoms with Crippen LogP contribution in [-0.2, 0) is 0 Å². The summed E-state index contributed by atoms with van der Waals surface area (Å²) in [7, 11) is 0. The lowest BCUT2D eigenvalue weighted by atomic mass is 10.1. The number of nitrogens with one attached hydrogen (secondary N) is 1. The van der Waals surface area contributed by atoms with E-state index in [-0.39, 0.29) is 17.9 Å². The first-order valence-corrected chi connectivity index (χ1v) is 9.11. The topological polar surface area (TPSA) is 93.6 Å². The highest BCUT2D eigenvalue weighted by atomic mass is 32.1. The van der Waals surface area contributed by atoms with E-state index >= 15 is 0 Å². The fourth-order valence-electron chi connectivity index (χ4n) is 2.61. The Bertz CT molecular complexity index is 909. The van der Waals surface area contributed by atoms with E-state index in [1.807, 2.05) is 39.8 Å². The molecule has 1 N–H and O–H groups in total. The van der Waals surface area contributed by atoms with E-state index in [0.717, 1.165) is 34.0 Å². The Morgan fingerprint density at radius 2 is 1.92 bits per heavy atom. The summed E-state index contributed by atoms with van der Waals surface area (Å²) in [5.74, 6) is 0.615. The van der Waals surface area contributed by atoms with Gasteiger partial charge in [-0.15, -0.1) is 5.10 Å². The van der Waals surface area contributed by atoms with Crippen molar-refractivity contribution in [2.45, 2.75) is 39.7 Å². The second-order valence-corrected chi connectivity index (χ2v) is 7.06. The van der Waals surface area contributed by atoms with Crippen molar-refractivity contribution in [2.75, 3.05) is 0 Å². The van der Waals surface area contributed by atoms with E-state index < -0.39 is 0 Å². The minimum absolute atomic E-state index is 0.148. The molecule has 134 valence electrons. The molecular formula is C18H20N6OS. The molecule has 0 radical (unpaired) electrons. The Kier molecular flexibility index (Phi) is 5.32. The summed E-state index contributed by atoms with van der Waals surface area (Å²) < 4.78 is 3.91. The van der Waals surface area contributed by atoms with Gasteiger partial charge in [-0.05, 0) is 43.4 Å². The van der Waals surface area contributed by atoms with Crippen LogP contribution in [0.15, 0.2) is 30.7 Å². The van der Waals surface area contributed by atoms with Crippen LogP contribution < -0.4 is 5.32 Å². The highest BCUT2D eigenvalue weighted by molar-refractivity contribution is 7.08. The summed E-state index contributed by atoms with van der Waals surface area (Å²) in [5.41, 5.74) is 3.33. The molecule has 7 nitrogen and oxygen atoms in total. The van der Waals surface area contributed by atoms with E-state index in [0.29, 0.717) is 10.7 Å². The average Bonchev–Trinajstić information content (AvgIpc) is 3.12. The number of pyridine rings is 1. The van der Waals surface area contributed by atoms with E-state index in [2.05, 4.69) is 29.9 Å². The largest absolute Gasteiger partial charge is 0.345 e. The number of rotatable bonds is 5. The molecule has 0 bridgehead atoms. The number of amides is 1. The second-order valence-electron chi connectivity index (χ2n) is 6.31. The SMILES string of the molecule is Cc1nc(-c2ccncc2)ncc1[C@@H](C)NC(=O)c1snnc1C(C)C. The maximum Gasteiger partial charge on any atom is 0.265 e. The number of hydrogen-bond donors (Lipinski definition) is 1. The predicted molar refractivity (Wildman–Crippen MR) is 99.9 cm³/mol. The molecule has 3 rings (SSSR count). The molecule has 0 aromatic carbocycles. The Hall–Kier alpha value is -2.74. The van der Waals surface area contributed by atoms with Crippen LogP contribution in [-0.4, -0.2) is 30.4 Å². The van der Waals surface area contributed by atoms with Crippen molar-refractivity contribution in [3.8, 4) is 11.4 Å². The first-order chi connectivity index (χ1) is 12.5. The van der Waals surface area contributed by atoms with Crippen LogP contribution in [0.4, 0.5) is 0 Å². The molecule has 0 saturated carbocycles. The van der Waals surface area contributed by atoms with Crippen molar-refractivity contribution in [3.63, 3.8) is 0 Å². The number of aryl methyl sites for hydroxylation is 1. The zero-order valence-electron chi connectivity index (χ0n) is 15.1. The quantitative estimate of drug-likeness (QED) is 0.742. The van der Waals surface area contributed by atoms with Gasteiger partial charge in [0, 0.05) is 35.4 Å². The fourth-order valence-corrected chi connectivity index (χ4v) is 3.34. The van der Waals surface area contributed by atoms with Crippen molar-refractivity contribution in [1.29, 1.82) is 0 Å². The van der Waals surface area contributed by atoms with Crippen molar-refractivity contribution >= 4 is 17.4 Å². The molecule has 0 unspecified atom stereocenters. The Morgan fingerprint density at radius 1 is 1.19 bits per heavy atom. The smallest absolute Gasteiger partial charge is 0.265 e. The molecule has 1 atom stereocenters. The predicted octanol–water partition coefficient (Wildman–Crippen LogP) is 3.31. The van der Waals surface area contributed by atoms with Crippen LogP contribution >= 0.6 is 11.5 Å². The van der Waals surface area contributed by atoms with Crippen LogP contribution in [0.3, 0.4) is 0 Å². The standard InChI is InChI=1S/C18H20N6OS/c1-10(2)15-16(26-24-23-15)18(25)22-12(4)14-9-20-17(21-11(14)3)13-5-7-19-8-6-13/h5-10,12H,1-4H3,(H,22,25)/t12-/m1/s1. The van der Waals surface area contributed by atoms with E-state index in [1.54, 1.807) is 18.6 Å². The summed E-state index contributed by atoms with van der Waals surface area (Å²) in [5, 5.41) is 7.05. The zero-order chi connectivity index (χ0) is 18.7. The van der Waals surface area contributed by atoms with E-state index in [9.17, 15) is 4.79 Å². The van der Waals surface area contributed by atoms with Crippen LogP contribution in [0.2, 0.25) is 0 Å². The van der Waals surface area contributed by atoms with Gasteiger partial charge in [0.1, 0.15) is 4.88 Å². The van der Waals surface area contributed by atoms with Crippen molar-refractivity contribution in [2.24, 2.45) is 0 Å². The first kappa shape index (κ1) is 18.1. The molecule has 0 aliphatic carbocycles. The van der Waals surface area contributed by atoms with Gasteiger partial charge in [0.2, 0.25) is 0 Å². The number of aromatic nitrogens is 5. The monoisotopic (exact) mass is 368 g/mol. The summed E-state index contributed by atoms with van der Waals surface area (Å²) in [6.45, 7) is 7.82. The third-order valence-electron chi connectivity index (χ3n) is 4.04. The number of carbonyl (C=O) groups excluding carboxylic acids is 1. The molecule has 3 aromatic heterocycles. The van der Waals surface area contributed by atoms with Crippen LogP contribution in [0.1, 0.15) is 59.4 Å². The Morgan fingerprint density at radius 3 is 2.58 bits per heavy atom. The molecule has 3 aromatic rings. The molecule has 0 spiro atoms. The molecule has 1 amide bonds. The molecule has 8 heteroatoms. The van der Waals surface area contributed by atoms with Crippen LogP contribution in [0, 0.1) is 6.92 Å². The summed E-state index contributed by atoms with van der Waals surface area (Å²) in [4.78, 5) is 26.1. The lowest BCUT2D eigenvalue weighted by Crippen LogP contribution is -2.27. The average molecular weight is 368 g/mol. The summed E-state index contributed by atoms with van der Waals surface area (Å²) >= 11 is 1.12. The maximum atomic E-state index is 12.6. The molecular weight excluding hydrogens is 348 g/mol. The van der Waals surface area contributed by atoms with E-state index in [1.165, 1.54) is 0 Å². The Balaban J connectivity index is 1.79. The number of hydrogen-bond acceptors (Lipinski definition) is 7. The van der Waals surface area contributed by atoms with Gasteiger partial charge in [-0.25, -0.2) is 9.97 Å². The third-order valence-corrected chi connectivity index (χ3v) is 4.78. The summed E-state index contributed by atoms with van der Waals surface area (Å²) in [6, 6.07) is 3.50. The number of carbonyl (C=O) groups is 1. The normalized spacial score (nSPS) is 12.2. The van der Waals surface area contributed by atoms with Crippen molar-refractivity contribution in [3.05, 3.63) is 52.6 Å². The van der Waals surface area contributed by atoms with Crippen LogP contribution in [0.5, 0.6) is 0 Å². The second kappa shape index (κ2) is 7.65. The van der Waals surface area contributed by atoms with E-state index in [4.69, 9.17) is 0 Å². The molecule has 3 heterocycles. The molecule has 0 fully saturated rings. The van der Waals surface area contributed by atoms with Gasteiger partial charge in [0.05, 0.1) is 11.7 Å². The Labute approximate surface area is 156 Å². The van der Waals surface area contributed by atoms with Crippen molar-refractivity contribution in [1.82, 2.24) is 29.9 Å². The van der Waals surface area contributed by atoms with Gasteiger partial charge >= 0.3 is 0 Å². The van der Waals surface area contributed by atoms with Gasteiger partial charge in [0.25, 0.3) is 5.91 Å². The number of nitrogens with zero attached hydrogens (tertiary/aromatic N) is 5. The van der Waals surface area contributed by atoms with Gasteiger partial charge in [-0.2, -0.15) is 0 Å².